The summed E-state index contributed by atoms with van der Waals surface area (Å²) in [6, 6.07) is 11.3. The summed E-state index contributed by atoms with van der Waals surface area (Å²) in [7, 11) is 0. The standard InChI is InChI=1S/C21H13F3N4O3S3/c22-21(23,24)14-7-3-12(4-8-14)10-32-20-28-27-18(34-20)25-16(29)13-5-1-11(2-6-13)9-15-17(30)26-19(31)33-15/h1-9H,10H2,(H,25,27,29)(H,26,30,31)/b15-9-. The summed E-state index contributed by atoms with van der Waals surface area (Å²) in [6.45, 7) is 0. The monoisotopic (exact) mass is 522 g/mol. The molecule has 3 amide bonds. The average molecular weight is 523 g/mol. The first kappa shape index (κ1) is 24.0. The zero-order valence-electron chi connectivity index (χ0n) is 16.9. The molecule has 1 aliphatic heterocycles. The van der Waals surface area contributed by atoms with Crippen LogP contribution in [0.25, 0.3) is 6.08 Å². The molecular formula is C21H13F3N4O3S3. The fourth-order valence-corrected chi connectivity index (χ4v) is 5.11. The SMILES string of the molecule is O=C1NC(=O)/C(=C/c2ccc(C(=O)Nc3nnc(SCc4ccc(C(F)(F)F)cc4)s3)cc2)S1. The average Bonchev–Trinajstić information content (AvgIpc) is 3.37. The van der Waals surface area contributed by atoms with Crippen LogP contribution in [0.15, 0.2) is 57.8 Å². The predicted octanol–water partition coefficient (Wildman–Crippen LogP) is 5.43. The second-order valence-electron chi connectivity index (χ2n) is 6.78. The third-order valence-corrected chi connectivity index (χ3v) is 7.24. The van der Waals surface area contributed by atoms with Crippen LogP contribution in [0.2, 0.25) is 0 Å². The fourth-order valence-electron chi connectivity index (χ4n) is 2.73. The highest BCUT2D eigenvalue weighted by molar-refractivity contribution is 8.18. The second-order valence-corrected chi connectivity index (χ2v) is 10.00. The maximum Gasteiger partial charge on any atom is 0.416 e. The fraction of sp³-hybridized carbons (Fsp3) is 0.0952. The highest BCUT2D eigenvalue weighted by atomic mass is 32.2. The molecule has 0 spiro atoms. The van der Waals surface area contributed by atoms with Crippen molar-refractivity contribution in [1.82, 2.24) is 15.5 Å². The predicted molar refractivity (Wildman–Crippen MR) is 124 cm³/mol. The van der Waals surface area contributed by atoms with Crippen LogP contribution in [-0.2, 0) is 16.7 Å². The van der Waals surface area contributed by atoms with E-state index in [2.05, 4.69) is 20.8 Å². The molecule has 4 rings (SSSR count). The Morgan fingerprint density at radius 2 is 1.76 bits per heavy atom. The lowest BCUT2D eigenvalue weighted by atomic mass is 10.1. The molecule has 2 heterocycles. The number of thioether (sulfide) groups is 2. The van der Waals surface area contributed by atoms with Crippen molar-refractivity contribution in [2.24, 2.45) is 0 Å². The first-order chi connectivity index (χ1) is 16.2. The molecule has 1 saturated heterocycles. The molecule has 3 aromatic rings. The molecule has 0 saturated carbocycles. The lowest BCUT2D eigenvalue weighted by Gasteiger charge is -2.06. The largest absolute Gasteiger partial charge is 0.416 e. The van der Waals surface area contributed by atoms with Gasteiger partial charge in [0.2, 0.25) is 5.13 Å². The van der Waals surface area contributed by atoms with E-state index < -0.39 is 28.8 Å². The number of amides is 3. The number of hydrogen-bond donors (Lipinski definition) is 2. The molecule has 174 valence electrons. The highest BCUT2D eigenvalue weighted by Gasteiger charge is 2.30. The first-order valence-corrected chi connectivity index (χ1v) is 12.1. The highest BCUT2D eigenvalue weighted by Crippen LogP contribution is 2.32. The van der Waals surface area contributed by atoms with Gasteiger partial charge in [-0.05, 0) is 53.2 Å². The number of nitrogens with zero attached hydrogens (tertiary/aromatic N) is 2. The summed E-state index contributed by atoms with van der Waals surface area (Å²) >= 11 is 3.25. The zero-order valence-corrected chi connectivity index (χ0v) is 19.3. The Bertz CT molecular complexity index is 1270. The Morgan fingerprint density at radius 3 is 2.38 bits per heavy atom. The van der Waals surface area contributed by atoms with Gasteiger partial charge in [0.05, 0.1) is 10.5 Å². The van der Waals surface area contributed by atoms with Crippen LogP contribution in [0.1, 0.15) is 27.0 Å². The molecule has 2 N–H and O–H groups in total. The molecule has 0 atom stereocenters. The Morgan fingerprint density at radius 1 is 1.06 bits per heavy atom. The number of hydrogen-bond acceptors (Lipinski definition) is 8. The van der Waals surface area contributed by atoms with Gasteiger partial charge in [-0.15, -0.1) is 10.2 Å². The van der Waals surface area contributed by atoms with Crippen molar-refractivity contribution in [1.29, 1.82) is 0 Å². The minimum atomic E-state index is -4.37. The van der Waals surface area contributed by atoms with Crippen molar-refractivity contribution in [2.75, 3.05) is 5.32 Å². The van der Waals surface area contributed by atoms with Gasteiger partial charge in [-0.1, -0.05) is 47.4 Å². The van der Waals surface area contributed by atoms with Crippen LogP contribution in [0.4, 0.5) is 23.1 Å². The van der Waals surface area contributed by atoms with Gasteiger partial charge in [-0.3, -0.25) is 25.0 Å². The molecule has 0 unspecified atom stereocenters. The minimum absolute atomic E-state index is 0.275. The Balaban J connectivity index is 1.32. The Kier molecular flexibility index (Phi) is 7.05. The number of nitrogens with one attached hydrogen (secondary N) is 2. The molecule has 1 aromatic heterocycles. The smallest absolute Gasteiger partial charge is 0.296 e. The number of carbonyl (C=O) groups excluding carboxylic acids is 3. The van der Waals surface area contributed by atoms with Gasteiger partial charge in [0.1, 0.15) is 0 Å². The van der Waals surface area contributed by atoms with Crippen LogP contribution in [0, 0.1) is 0 Å². The van der Waals surface area contributed by atoms with Gasteiger partial charge in [-0.2, -0.15) is 13.2 Å². The minimum Gasteiger partial charge on any atom is -0.296 e. The molecule has 7 nitrogen and oxygen atoms in total. The molecular weight excluding hydrogens is 509 g/mol. The van der Waals surface area contributed by atoms with Crippen molar-refractivity contribution in [3.05, 3.63) is 75.7 Å². The third-order valence-electron chi connectivity index (χ3n) is 4.38. The molecule has 2 aromatic carbocycles. The number of benzene rings is 2. The molecule has 1 fully saturated rings. The van der Waals surface area contributed by atoms with E-state index in [0.717, 1.165) is 35.2 Å². The molecule has 0 radical (unpaired) electrons. The maximum atomic E-state index is 12.6. The quantitative estimate of drug-likeness (QED) is 0.253. The molecule has 34 heavy (non-hydrogen) atoms. The van der Waals surface area contributed by atoms with Gasteiger partial charge >= 0.3 is 6.18 Å². The maximum absolute atomic E-state index is 12.6. The van der Waals surface area contributed by atoms with Gasteiger partial charge in [0, 0.05) is 11.3 Å². The summed E-state index contributed by atoms with van der Waals surface area (Å²) in [5.74, 6) is -0.461. The van der Waals surface area contributed by atoms with Crippen molar-refractivity contribution >= 4 is 63.1 Å². The second kappa shape index (κ2) is 9.99. The van der Waals surface area contributed by atoms with Gasteiger partial charge in [0.25, 0.3) is 17.1 Å². The summed E-state index contributed by atoms with van der Waals surface area (Å²) in [5.41, 5.74) is 1.01. The van der Waals surface area contributed by atoms with Gasteiger partial charge < -0.3 is 0 Å². The van der Waals surface area contributed by atoms with E-state index in [1.54, 1.807) is 30.3 Å². The number of halogens is 3. The number of anilines is 1. The van der Waals surface area contributed by atoms with E-state index in [1.165, 1.54) is 23.9 Å². The van der Waals surface area contributed by atoms with Crippen molar-refractivity contribution in [3.63, 3.8) is 0 Å². The number of carbonyl (C=O) groups is 3. The lowest BCUT2D eigenvalue weighted by molar-refractivity contribution is -0.137. The van der Waals surface area contributed by atoms with Crippen molar-refractivity contribution < 1.29 is 27.6 Å². The first-order valence-electron chi connectivity index (χ1n) is 9.46. The molecule has 0 bridgehead atoms. The van der Waals surface area contributed by atoms with Crippen LogP contribution >= 0.6 is 34.9 Å². The number of aromatic nitrogens is 2. The normalized spacial score (nSPS) is 15.0. The summed E-state index contributed by atoms with van der Waals surface area (Å²) in [6.07, 6.45) is -2.82. The topological polar surface area (TPSA) is 101 Å². The molecule has 13 heteroatoms. The number of imide groups is 1. The van der Waals surface area contributed by atoms with E-state index in [9.17, 15) is 27.6 Å². The van der Waals surface area contributed by atoms with Crippen LogP contribution in [-0.4, -0.2) is 27.3 Å². The van der Waals surface area contributed by atoms with E-state index in [0.29, 0.717) is 26.8 Å². The van der Waals surface area contributed by atoms with Crippen LogP contribution in [0.3, 0.4) is 0 Å². The summed E-state index contributed by atoms with van der Waals surface area (Å²) in [5, 5.41) is 12.6. The van der Waals surface area contributed by atoms with Gasteiger partial charge in [-0.25, -0.2) is 0 Å². The lowest BCUT2D eigenvalue weighted by Crippen LogP contribution is -2.17. The Labute approximate surface area is 203 Å². The third kappa shape index (κ3) is 6.04. The summed E-state index contributed by atoms with van der Waals surface area (Å²) in [4.78, 5) is 35.6. The van der Waals surface area contributed by atoms with Gasteiger partial charge in [0.15, 0.2) is 4.34 Å². The Hall–Kier alpha value is -3.16. The molecule has 0 aliphatic carbocycles. The summed E-state index contributed by atoms with van der Waals surface area (Å²) < 4.78 is 38.5. The van der Waals surface area contributed by atoms with Crippen LogP contribution < -0.4 is 10.6 Å². The van der Waals surface area contributed by atoms with E-state index >= 15 is 0 Å². The zero-order chi connectivity index (χ0) is 24.3. The van der Waals surface area contributed by atoms with E-state index in [-0.39, 0.29) is 10.0 Å². The van der Waals surface area contributed by atoms with Crippen molar-refractivity contribution in [3.8, 4) is 0 Å². The van der Waals surface area contributed by atoms with E-state index in [4.69, 9.17) is 0 Å². The molecule has 1 aliphatic rings. The number of alkyl halides is 3. The van der Waals surface area contributed by atoms with Crippen LogP contribution in [0.5, 0.6) is 0 Å². The number of rotatable bonds is 6. The van der Waals surface area contributed by atoms with E-state index in [1.807, 2.05) is 0 Å². The van der Waals surface area contributed by atoms with Crippen molar-refractivity contribution in [2.45, 2.75) is 16.3 Å².